The third-order valence-corrected chi connectivity index (χ3v) is 4.03. The van der Waals surface area contributed by atoms with Crippen LogP contribution in [0.4, 0.5) is 9.93 Å². The molecule has 0 bridgehead atoms. The second-order valence-electron chi connectivity index (χ2n) is 4.69. The molecule has 7 heteroatoms. The zero-order valence-corrected chi connectivity index (χ0v) is 13.2. The second kappa shape index (κ2) is 7.04. The Labute approximate surface area is 132 Å². The maximum atomic E-state index is 11.8. The number of hydrogen-bond acceptors (Lipinski definition) is 4. The van der Waals surface area contributed by atoms with E-state index < -0.39 is 5.97 Å². The summed E-state index contributed by atoms with van der Waals surface area (Å²) < 4.78 is 0. The average molecular weight is 319 g/mol. The average Bonchev–Trinajstić information content (AvgIpc) is 2.85. The van der Waals surface area contributed by atoms with Crippen molar-refractivity contribution in [2.24, 2.45) is 0 Å². The first kappa shape index (κ1) is 16.0. The Hall–Kier alpha value is -2.41. The van der Waals surface area contributed by atoms with E-state index in [4.69, 9.17) is 5.11 Å². The van der Waals surface area contributed by atoms with Crippen LogP contribution in [-0.2, 0) is 13.0 Å². The fourth-order valence-corrected chi connectivity index (χ4v) is 2.80. The molecule has 0 fully saturated rings. The molecule has 0 aliphatic heterocycles. The number of nitrogens with zero attached hydrogens (tertiary/aromatic N) is 1. The first-order chi connectivity index (χ1) is 10.5. The molecule has 1 heterocycles. The van der Waals surface area contributed by atoms with Crippen molar-refractivity contribution in [3.8, 4) is 0 Å². The lowest BCUT2D eigenvalue weighted by molar-refractivity contribution is 0.0697. The number of aromatic nitrogens is 1. The van der Waals surface area contributed by atoms with E-state index in [0.29, 0.717) is 11.7 Å². The topological polar surface area (TPSA) is 91.3 Å². The highest BCUT2D eigenvalue weighted by atomic mass is 32.1. The number of carbonyl (C=O) groups excluding carboxylic acids is 1. The number of carbonyl (C=O) groups is 2. The normalized spacial score (nSPS) is 10.3. The van der Waals surface area contributed by atoms with Crippen LogP contribution in [0.5, 0.6) is 0 Å². The van der Waals surface area contributed by atoms with Gasteiger partial charge in [0.2, 0.25) is 0 Å². The van der Waals surface area contributed by atoms with Crippen LogP contribution in [0.1, 0.15) is 33.4 Å². The molecule has 1 aromatic heterocycles. The summed E-state index contributed by atoms with van der Waals surface area (Å²) in [6.07, 6.45) is 0.835. The van der Waals surface area contributed by atoms with E-state index in [0.717, 1.165) is 22.6 Å². The SMILES string of the molecule is CCc1nc(NC(=O)NCc2ccc(C(=O)O)cc2)sc1C. The second-order valence-corrected chi connectivity index (χ2v) is 5.89. The van der Waals surface area contributed by atoms with E-state index in [1.807, 2.05) is 13.8 Å². The Kier molecular flexibility index (Phi) is 5.11. The molecule has 0 atom stereocenters. The smallest absolute Gasteiger partial charge is 0.335 e. The molecule has 0 radical (unpaired) electrons. The standard InChI is InChI=1S/C15H17N3O3S/c1-3-12-9(2)22-15(17-12)18-14(21)16-8-10-4-6-11(7-5-10)13(19)20/h4-7H,3,8H2,1-2H3,(H,19,20)(H2,16,17,18,21). The van der Waals surface area contributed by atoms with Crippen molar-refractivity contribution in [1.82, 2.24) is 10.3 Å². The number of benzene rings is 1. The van der Waals surface area contributed by atoms with Crippen molar-refractivity contribution in [1.29, 1.82) is 0 Å². The van der Waals surface area contributed by atoms with Gasteiger partial charge in [-0.05, 0) is 31.0 Å². The molecule has 2 aromatic rings. The summed E-state index contributed by atoms with van der Waals surface area (Å²) in [5, 5.41) is 14.8. The van der Waals surface area contributed by atoms with E-state index in [1.165, 1.54) is 23.5 Å². The Morgan fingerprint density at radius 3 is 2.50 bits per heavy atom. The van der Waals surface area contributed by atoms with Gasteiger partial charge in [0.05, 0.1) is 11.3 Å². The van der Waals surface area contributed by atoms with Crippen LogP contribution in [0.25, 0.3) is 0 Å². The van der Waals surface area contributed by atoms with Crippen LogP contribution in [0.15, 0.2) is 24.3 Å². The molecule has 0 unspecified atom stereocenters. The number of amides is 2. The third kappa shape index (κ3) is 4.05. The number of anilines is 1. The molecule has 0 saturated carbocycles. The number of urea groups is 1. The number of aromatic carboxylic acids is 1. The van der Waals surface area contributed by atoms with Gasteiger partial charge in [0.25, 0.3) is 0 Å². The lowest BCUT2D eigenvalue weighted by atomic mass is 10.1. The van der Waals surface area contributed by atoms with Crippen molar-refractivity contribution in [3.05, 3.63) is 46.0 Å². The zero-order valence-electron chi connectivity index (χ0n) is 12.3. The van der Waals surface area contributed by atoms with Crippen molar-refractivity contribution < 1.29 is 14.7 Å². The summed E-state index contributed by atoms with van der Waals surface area (Å²) in [5.41, 5.74) is 2.04. The largest absolute Gasteiger partial charge is 0.478 e. The highest BCUT2D eigenvalue weighted by Gasteiger charge is 2.09. The van der Waals surface area contributed by atoms with Crippen LogP contribution >= 0.6 is 11.3 Å². The molecule has 0 aliphatic rings. The van der Waals surface area contributed by atoms with Gasteiger partial charge in [-0.2, -0.15) is 0 Å². The zero-order chi connectivity index (χ0) is 16.1. The number of aryl methyl sites for hydroxylation is 2. The monoisotopic (exact) mass is 319 g/mol. The summed E-state index contributed by atoms with van der Waals surface area (Å²) in [7, 11) is 0. The Morgan fingerprint density at radius 1 is 1.27 bits per heavy atom. The molecule has 3 N–H and O–H groups in total. The number of hydrogen-bond donors (Lipinski definition) is 3. The summed E-state index contributed by atoms with van der Waals surface area (Å²) >= 11 is 1.45. The van der Waals surface area contributed by atoms with Gasteiger partial charge in [-0.1, -0.05) is 19.1 Å². The Bertz CT molecular complexity index is 680. The highest BCUT2D eigenvalue weighted by Crippen LogP contribution is 2.22. The molecule has 22 heavy (non-hydrogen) atoms. The van der Waals surface area contributed by atoms with Crippen molar-refractivity contribution in [2.45, 2.75) is 26.8 Å². The van der Waals surface area contributed by atoms with Gasteiger partial charge in [-0.15, -0.1) is 11.3 Å². The summed E-state index contributed by atoms with van der Waals surface area (Å²) in [6.45, 7) is 4.31. The lowest BCUT2D eigenvalue weighted by Crippen LogP contribution is -2.28. The Balaban J connectivity index is 1.88. The van der Waals surface area contributed by atoms with Gasteiger partial charge in [-0.3, -0.25) is 5.32 Å². The fraction of sp³-hybridized carbons (Fsp3) is 0.267. The van der Waals surface area contributed by atoms with Crippen LogP contribution in [0.3, 0.4) is 0 Å². The van der Waals surface area contributed by atoms with E-state index in [-0.39, 0.29) is 11.6 Å². The molecule has 0 aliphatic carbocycles. The molecular formula is C15H17N3O3S. The molecule has 6 nitrogen and oxygen atoms in total. The maximum Gasteiger partial charge on any atom is 0.335 e. The van der Waals surface area contributed by atoms with Crippen LogP contribution in [0.2, 0.25) is 0 Å². The predicted molar refractivity (Wildman–Crippen MR) is 85.5 cm³/mol. The summed E-state index contributed by atoms with van der Waals surface area (Å²) in [6, 6.07) is 6.03. The van der Waals surface area contributed by atoms with Gasteiger partial charge < -0.3 is 10.4 Å². The van der Waals surface area contributed by atoms with E-state index >= 15 is 0 Å². The molecule has 2 amide bonds. The number of carboxylic acids is 1. The summed E-state index contributed by atoms with van der Waals surface area (Å²) in [5.74, 6) is -0.969. The van der Waals surface area contributed by atoms with Gasteiger partial charge >= 0.3 is 12.0 Å². The number of thiazole rings is 1. The number of nitrogens with one attached hydrogen (secondary N) is 2. The predicted octanol–water partition coefficient (Wildman–Crippen LogP) is 3.03. The highest BCUT2D eigenvalue weighted by molar-refractivity contribution is 7.15. The fourth-order valence-electron chi connectivity index (χ4n) is 1.90. The molecule has 0 saturated heterocycles. The minimum atomic E-state index is -0.969. The molecular weight excluding hydrogens is 302 g/mol. The first-order valence-electron chi connectivity index (χ1n) is 6.83. The van der Waals surface area contributed by atoms with E-state index in [9.17, 15) is 9.59 Å². The molecule has 0 spiro atoms. The van der Waals surface area contributed by atoms with Crippen molar-refractivity contribution >= 4 is 28.5 Å². The van der Waals surface area contributed by atoms with Crippen LogP contribution in [-0.4, -0.2) is 22.1 Å². The molecule has 1 aromatic carbocycles. The number of rotatable bonds is 5. The Morgan fingerprint density at radius 2 is 1.95 bits per heavy atom. The minimum absolute atomic E-state index is 0.221. The third-order valence-electron chi connectivity index (χ3n) is 3.10. The molecule has 2 rings (SSSR count). The maximum absolute atomic E-state index is 11.8. The first-order valence-corrected chi connectivity index (χ1v) is 7.64. The van der Waals surface area contributed by atoms with Gasteiger partial charge in [0, 0.05) is 11.4 Å². The van der Waals surface area contributed by atoms with Gasteiger partial charge in [0.1, 0.15) is 0 Å². The van der Waals surface area contributed by atoms with Gasteiger partial charge in [0.15, 0.2) is 5.13 Å². The minimum Gasteiger partial charge on any atom is -0.478 e. The lowest BCUT2D eigenvalue weighted by Gasteiger charge is -2.05. The van der Waals surface area contributed by atoms with Gasteiger partial charge in [-0.25, -0.2) is 14.6 Å². The van der Waals surface area contributed by atoms with E-state index in [1.54, 1.807) is 12.1 Å². The summed E-state index contributed by atoms with van der Waals surface area (Å²) in [4.78, 5) is 28.0. The van der Waals surface area contributed by atoms with Crippen LogP contribution < -0.4 is 10.6 Å². The molecule has 116 valence electrons. The van der Waals surface area contributed by atoms with Crippen LogP contribution in [0, 0.1) is 6.92 Å². The quantitative estimate of drug-likeness (QED) is 0.790. The number of carboxylic acid groups (broad SMARTS) is 1. The van der Waals surface area contributed by atoms with E-state index in [2.05, 4.69) is 15.6 Å². The van der Waals surface area contributed by atoms with Crippen molar-refractivity contribution in [3.63, 3.8) is 0 Å². The van der Waals surface area contributed by atoms with Crippen molar-refractivity contribution in [2.75, 3.05) is 5.32 Å².